The number of H-pyrrole nitrogens is 1. The SMILES string of the molecule is CCCCCCCCCCCCCCCCCCC(c1[nH]cc[n+]1CCCCCCCCCCCCCCCCC)C(C)(Cc1ccccc1)c1ccccc1. The number of unbranched alkanes of at least 4 members (excludes halogenated alkanes) is 29. The van der Waals surface area contributed by atoms with Crippen LogP contribution in [0.5, 0.6) is 0 Å². The first-order chi connectivity index (χ1) is 27.7. The van der Waals surface area contributed by atoms with Gasteiger partial charge >= 0.3 is 0 Å². The standard InChI is InChI=1S/C54H90N2/c1-4-6-8-10-12-14-16-18-20-21-23-25-27-29-31-39-45-52(54(3,51-43-37-34-38-44-51)49-50-41-35-33-36-42-50)53-55-46-48-56(53)47-40-32-30-28-26-24-22-19-17-15-13-11-9-7-5-2/h33-38,41-44,46,48,52H,4-32,39-40,45,47,49H2,1-3H3/p+1. The van der Waals surface area contributed by atoms with Crippen molar-refractivity contribution in [1.82, 2.24) is 4.98 Å². The number of nitrogens with one attached hydrogen (secondary N) is 1. The van der Waals surface area contributed by atoms with Crippen molar-refractivity contribution in [3.63, 3.8) is 0 Å². The Hall–Kier alpha value is -2.35. The van der Waals surface area contributed by atoms with Crippen LogP contribution in [-0.4, -0.2) is 4.98 Å². The third-order valence-corrected chi connectivity index (χ3v) is 13.1. The molecule has 1 N–H and O–H groups in total. The molecule has 0 fully saturated rings. The summed E-state index contributed by atoms with van der Waals surface area (Å²) in [6.45, 7) is 8.31. The summed E-state index contributed by atoms with van der Waals surface area (Å²) in [4.78, 5) is 3.84. The van der Waals surface area contributed by atoms with Crippen molar-refractivity contribution in [1.29, 1.82) is 0 Å². The molecular formula is C54H91N2+. The number of hydrogen-bond donors (Lipinski definition) is 1. The van der Waals surface area contributed by atoms with Crippen molar-refractivity contribution >= 4 is 0 Å². The van der Waals surface area contributed by atoms with E-state index in [-0.39, 0.29) is 5.41 Å². The molecule has 0 bridgehead atoms. The lowest BCUT2D eigenvalue weighted by molar-refractivity contribution is -0.705. The molecular weight excluding hydrogens is 677 g/mol. The maximum atomic E-state index is 3.84. The Labute approximate surface area is 348 Å². The second-order valence-electron chi connectivity index (χ2n) is 18.1. The Morgan fingerprint density at radius 2 is 0.839 bits per heavy atom. The van der Waals surface area contributed by atoms with Gasteiger partial charge in [0.15, 0.2) is 0 Å². The zero-order valence-corrected chi connectivity index (χ0v) is 37.5. The molecule has 0 radical (unpaired) electrons. The minimum absolute atomic E-state index is 0.000222. The van der Waals surface area contributed by atoms with E-state index in [0.29, 0.717) is 5.92 Å². The topological polar surface area (TPSA) is 19.7 Å². The van der Waals surface area contributed by atoms with E-state index < -0.39 is 0 Å². The van der Waals surface area contributed by atoms with Gasteiger partial charge in [0.25, 0.3) is 5.82 Å². The van der Waals surface area contributed by atoms with Crippen molar-refractivity contribution in [2.24, 2.45) is 0 Å². The van der Waals surface area contributed by atoms with Gasteiger partial charge in [0.1, 0.15) is 12.4 Å². The Bertz CT molecular complexity index is 1260. The third-order valence-electron chi connectivity index (χ3n) is 13.1. The highest BCUT2D eigenvalue weighted by molar-refractivity contribution is 5.32. The fourth-order valence-electron chi connectivity index (χ4n) is 9.44. The summed E-state index contributed by atoms with van der Waals surface area (Å²) in [6.07, 6.45) is 50.8. The molecule has 316 valence electrons. The zero-order valence-electron chi connectivity index (χ0n) is 37.5. The van der Waals surface area contributed by atoms with Crippen LogP contribution in [0.2, 0.25) is 0 Å². The fourth-order valence-corrected chi connectivity index (χ4v) is 9.44. The second-order valence-corrected chi connectivity index (χ2v) is 18.1. The molecule has 3 aromatic rings. The minimum atomic E-state index is -0.000222. The summed E-state index contributed by atoms with van der Waals surface area (Å²) in [5.74, 6) is 1.88. The maximum Gasteiger partial charge on any atom is 0.258 e. The smallest absolute Gasteiger partial charge is 0.247 e. The lowest BCUT2D eigenvalue weighted by Gasteiger charge is -2.37. The van der Waals surface area contributed by atoms with E-state index >= 15 is 0 Å². The first-order valence-corrected chi connectivity index (χ1v) is 24.8. The van der Waals surface area contributed by atoms with E-state index in [2.05, 4.69) is 103 Å². The number of benzene rings is 2. The van der Waals surface area contributed by atoms with Gasteiger partial charge in [0.2, 0.25) is 0 Å². The van der Waals surface area contributed by atoms with Crippen molar-refractivity contribution in [2.45, 2.75) is 251 Å². The number of aryl methyl sites for hydroxylation is 1. The largest absolute Gasteiger partial charge is 0.258 e. The Balaban J connectivity index is 1.46. The van der Waals surface area contributed by atoms with Crippen molar-refractivity contribution in [2.75, 3.05) is 0 Å². The van der Waals surface area contributed by atoms with Crippen LogP contribution in [0.25, 0.3) is 0 Å². The average Bonchev–Trinajstić information content (AvgIpc) is 3.69. The first-order valence-electron chi connectivity index (χ1n) is 24.8. The molecule has 0 aliphatic heterocycles. The molecule has 1 heterocycles. The molecule has 56 heavy (non-hydrogen) atoms. The number of aromatic nitrogens is 2. The number of hydrogen-bond acceptors (Lipinski definition) is 0. The second kappa shape index (κ2) is 32.6. The van der Waals surface area contributed by atoms with Gasteiger partial charge < -0.3 is 0 Å². The highest BCUT2D eigenvalue weighted by Crippen LogP contribution is 2.43. The van der Waals surface area contributed by atoms with E-state index in [9.17, 15) is 0 Å². The summed E-state index contributed by atoms with van der Waals surface area (Å²) in [5.41, 5.74) is 2.91. The predicted octanol–water partition coefficient (Wildman–Crippen LogP) is 17.1. The van der Waals surface area contributed by atoms with Crippen LogP contribution in [0.15, 0.2) is 73.1 Å². The van der Waals surface area contributed by atoms with E-state index in [1.165, 1.54) is 222 Å². The van der Waals surface area contributed by atoms with Crippen LogP contribution < -0.4 is 4.57 Å². The summed E-state index contributed by atoms with van der Waals surface area (Å²) in [5, 5.41) is 0. The van der Waals surface area contributed by atoms with Crippen LogP contribution in [0.1, 0.15) is 249 Å². The molecule has 0 aliphatic carbocycles. The van der Waals surface area contributed by atoms with Crippen LogP contribution >= 0.6 is 0 Å². The van der Waals surface area contributed by atoms with Gasteiger partial charge in [0.05, 0.1) is 12.5 Å². The van der Waals surface area contributed by atoms with Crippen molar-refractivity contribution < 1.29 is 4.57 Å². The lowest BCUT2D eigenvalue weighted by atomic mass is 9.66. The first kappa shape index (κ1) is 48.0. The number of aromatic amines is 1. The molecule has 0 saturated carbocycles. The van der Waals surface area contributed by atoms with Gasteiger partial charge in [-0.2, -0.15) is 0 Å². The molecule has 2 atom stereocenters. The molecule has 0 spiro atoms. The zero-order chi connectivity index (χ0) is 39.6. The van der Waals surface area contributed by atoms with Crippen LogP contribution in [0, 0.1) is 0 Å². The Kier molecular flexibility index (Phi) is 27.9. The van der Waals surface area contributed by atoms with Gasteiger partial charge in [-0.25, -0.2) is 9.55 Å². The summed E-state index contributed by atoms with van der Waals surface area (Å²) in [6, 6.07) is 22.8. The van der Waals surface area contributed by atoms with Crippen LogP contribution in [0.3, 0.4) is 0 Å². The fraction of sp³-hybridized carbons (Fsp3) is 0.722. The average molecular weight is 768 g/mol. The molecule has 3 rings (SSSR count). The van der Waals surface area contributed by atoms with Crippen LogP contribution in [0.4, 0.5) is 0 Å². The normalized spacial score (nSPS) is 13.3. The third kappa shape index (κ3) is 20.9. The monoisotopic (exact) mass is 768 g/mol. The van der Waals surface area contributed by atoms with Gasteiger partial charge in [-0.1, -0.05) is 268 Å². The molecule has 0 aliphatic rings. The van der Waals surface area contributed by atoms with Gasteiger partial charge in [-0.15, -0.1) is 0 Å². The van der Waals surface area contributed by atoms with E-state index in [1.807, 2.05) is 0 Å². The summed E-state index contributed by atoms with van der Waals surface area (Å²) < 4.78 is 2.60. The highest BCUT2D eigenvalue weighted by Gasteiger charge is 2.42. The number of nitrogens with zero attached hydrogens (tertiary/aromatic N) is 1. The molecule has 0 amide bonds. The number of imidazole rings is 1. The van der Waals surface area contributed by atoms with Crippen molar-refractivity contribution in [3.05, 3.63) is 90.0 Å². The summed E-state index contributed by atoms with van der Waals surface area (Å²) >= 11 is 0. The van der Waals surface area contributed by atoms with Gasteiger partial charge in [-0.3, -0.25) is 0 Å². The molecule has 2 heteroatoms. The van der Waals surface area contributed by atoms with E-state index in [0.717, 1.165) is 13.0 Å². The van der Waals surface area contributed by atoms with Gasteiger partial charge in [-0.05, 0) is 36.8 Å². The summed E-state index contributed by atoms with van der Waals surface area (Å²) in [7, 11) is 0. The number of rotatable bonds is 38. The van der Waals surface area contributed by atoms with E-state index in [4.69, 9.17) is 0 Å². The van der Waals surface area contributed by atoms with Gasteiger partial charge in [0, 0.05) is 5.41 Å². The molecule has 0 saturated heterocycles. The molecule has 1 aromatic heterocycles. The molecule has 2 nitrogen and oxygen atoms in total. The quantitative estimate of drug-likeness (QED) is 0.0443. The Morgan fingerprint density at radius 1 is 0.464 bits per heavy atom. The minimum Gasteiger partial charge on any atom is -0.247 e. The highest BCUT2D eigenvalue weighted by atomic mass is 15.1. The predicted molar refractivity (Wildman–Crippen MR) is 247 cm³/mol. The Morgan fingerprint density at radius 3 is 1.27 bits per heavy atom. The van der Waals surface area contributed by atoms with Crippen LogP contribution in [-0.2, 0) is 18.4 Å². The lowest BCUT2D eigenvalue weighted by Crippen LogP contribution is -2.43. The van der Waals surface area contributed by atoms with Crippen molar-refractivity contribution in [3.8, 4) is 0 Å². The van der Waals surface area contributed by atoms with E-state index in [1.54, 1.807) is 0 Å². The molecule has 2 aromatic carbocycles. The molecule has 2 unspecified atom stereocenters. The maximum absolute atomic E-state index is 3.84.